The molecule has 4 heteroatoms. The molecule has 0 aliphatic rings. The highest BCUT2D eigenvalue weighted by atomic mass is 16.5. The average molecular weight is 282 g/mol. The third kappa shape index (κ3) is 2.23. The van der Waals surface area contributed by atoms with Crippen molar-refractivity contribution in [2.75, 3.05) is 14.2 Å². The summed E-state index contributed by atoms with van der Waals surface area (Å²) in [6, 6.07) is 14.0. The highest BCUT2D eigenvalue weighted by Gasteiger charge is 2.13. The van der Waals surface area contributed by atoms with Crippen LogP contribution in [0.2, 0.25) is 0 Å². The van der Waals surface area contributed by atoms with Crippen LogP contribution >= 0.6 is 0 Å². The maximum absolute atomic E-state index is 5.95. The maximum Gasteiger partial charge on any atom is 0.161 e. The Bertz CT molecular complexity index is 778. The van der Waals surface area contributed by atoms with Crippen LogP contribution in [0.4, 0.5) is 0 Å². The van der Waals surface area contributed by atoms with Crippen LogP contribution in [0, 0.1) is 0 Å². The van der Waals surface area contributed by atoms with Crippen LogP contribution in [-0.2, 0) is 6.54 Å². The zero-order valence-electron chi connectivity index (χ0n) is 12.1. The van der Waals surface area contributed by atoms with Crippen LogP contribution in [0.3, 0.4) is 0 Å². The molecule has 0 aliphatic carbocycles. The Morgan fingerprint density at radius 3 is 2.48 bits per heavy atom. The molecule has 0 unspecified atom stereocenters. The SMILES string of the molecule is COc1ccc(-c2[nH]c3ccccc3c2CN)cc1OC. The number of nitrogens with two attached hydrogens (primary N) is 1. The van der Waals surface area contributed by atoms with E-state index in [2.05, 4.69) is 17.1 Å². The van der Waals surface area contributed by atoms with Gasteiger partial charge in [0.15, 0.2) is 11.5 Å². The molecule has 0 bridgehead atoms. The minimum atomic E-state index is 0.480. The molecule has 108 valence electrons. The van der Waals surface area contributed by atoms with Crippen molar-refractivity contribution < 1.29 is 9.47 Å². The van der Waals surface area contributed by atoms with E-state index >= 15 is 0 Å². The largest absolute Gasteiger partial charge is 0.493 e. The Morgan fingerprint density at radius 2 is 1.76 bits per heavy atom. The topological polar surface area (TPSA) is 60.3 Å². The quantitative estimate of drug-likeness (QED) is 0.771. The molecule has 0 saturated heterocycles. The summed E-state index contributed by atoms with van der Waals surface area (Å²) in [5.74, 6) is 1.42. The van der Waals surface area contributed by atoms with Crippen LogP contribution in [0.5, 0.6) is 11.5 Å². The first-order valence-electron chi connectivity index (χ1n) is 6.80. The molecule has 0 spiro atoms. The van der Waals surface area contributed by atoms with Crippen LogP contribution < -0.4 is 15.2 Å². The summed E-state index contributed by atoms with van der Waals surface area (Å²) in [7, 11) is 3.27. The standard InChI is InChI=1S/C17H18N2O2/c1-20-15-8-7-11(9-16(15)21-2)17-13(10-18)12-5-3-4-6-14(12)19-17/h3-9,19H,10,18H2,1-2H3. The zero-order chi connectivity index (χ0) is 14.8. The van der Waals surface area contributed by atoms with Crippen molar-refractivity contribution in [3.8, 4) is 22.8 Å². The van der Waals surface area contributed by atoms with Crippen LogP contribution in [-0.4, -0.2) is 19.2 Å². The Hall–Kier alpha value is -2.46. The molecule has 1 aromatic heterocycles. The molecule has 0 radical (unpaired) electrons. The van der Waals surface area contributed by atoms with Crippen molar-refractivity contribution in [3.05, 3.63) is 48.0 Å². The summed E-state index contributed by atoms with van der Waals surface area (Å²) in [5.41, 5.74) is 10.2. The molecule has 0 amide bonds. The van der Waals surface area contributed by atoms with E-state index in [9.17, 15) is 0 Å². The molecule has 3 aromatic rings. The van der Waals surface area contributed by atoms with Gasteiger partial charge in [0.2, 0.25) is 0 Å². The van der Waals surface area contributed by atoms with Crippen molar-refractivity contribution in [2.45, 2.75) is 6.54 Å². The Balaban J connectivity index is 2.20. The van der Waals surface area contributed by atoms with E-state index in [0.717, 1.165) is 27.7 Å². The first-order chi connectivity index (χ1) is 10.3. The van der Waals surface area contributed by atoms with E-state index in [0.29, 0.717) is 18.0 Å². The van der Waals surface area contributed by atoms with Gasteiger partial charge in [-0.05, 0) is 29.8 Å². The van der Waals surface area contributed by atoms with Gasteiger partial charge in [-0.25, -0.2) is 0 Å². The van der Waals surface area contributed by atoms with Gasteiger partial charge >= 0.3 is 0 Å². The lowest BCUT2D eigenvalue weighted by Crippen LogP contribution is -1.98. The second-order valence-corrected chi connectivity index (χ2v) is 4.80. The fraction of sp³-hybridized carbons (Fsp3) is 0.176. The van der Waals surface area contributed by atoms with Gasteiger partial charge in [-0.15, -0.1) is 0 Å². The second-order valence-electron chi connectivity index (χ2n) is 4.80. The lowest BCUT2D eigenvalue weighted by Gasteiger charge is -2.10. The third-order valence-electron chi connectivity index (χ3n) is 3.69. The fourth-order valence-electron chi connectivity index (χ4n) is 2.65. The predicted molar refractivity (Wildman–Crippen MR) is 84.7 cm³/mol. The van der Waals surface area contributed by atoms with Gasteiger partial charge in [0.1, 0.15) is 0 Å². The van der Waals surface area contributed by atoms with Gasteiger partial charge in [0, 0.05) is 23.0 Å². The molecule has 21 heavy (non-hydrogen) atoms. The molecular weight excluding hydrogens is 264 g/mol. The van der Waals surface area contributed by atoms with Gasteiger partial charge in [-0.1, -0.05) is 18.2 Å². The van der Waals surface area contributed by atoms with Crippen LogP contribution in [0.15, 0.2) is 42.5 Å². The second kappa shape index (κ2) is 5.50. The van der Waals surface area contributed by atoms with Gasteiger partial charge in [-0.2, -0.15) is 0 Å². The molecule has 3 rings (SSSR count). The minimum absolute atomic E-state index is 0.480. The maximum atomic E-state index is 5.95. The van der Waals surface area contributed by atoms with Crippen molar-refractivity contribution in [1.82, 2.24) is 4.98 Å². The van der Waals surface area contributed by atoms with Gasteiger partial charge in [0.05, 0.1) is 19.9 Å². The highest BCUT2D eigenvalue weighted by Crippen LogP contribution is 2.35. The number of hydrogen-bond donors (Lipinski definition) is 2. The van der Waals surface area contributed by atoms with Crippen LogP contribution in [0.1, 0.15) is 5.56 Å². The van der Waals surface area contributed by atoms with Crippen LogP contribution in [0.25, 0.3) is 22.2 Å². The van der Waals surface area contributed by atoms with Crippen molar-refractivity contribution in [2.24, 2.45) is 5.73 Å². The molecule has 0 aliphatic heterocycles. The number of nitrogens with one attached hydrogen (secondary N) is 1. The van der Waals surface area contributed by atoms with Gasteiger partial charge in [-0.3, -0.25) is 0 Å². The fourth-order valence-corrected chi connectivity index (χ4v) is 2.65. The average Bonchev–Trinajstić information content (AvgIpc) is 2.92. The van der Waals surface area contributed by atoms with E-state index in [-0.39, 0.29) is 0 Å². The summed E-state index contributed by atoms with van der Waals surface area (Å²) >= 11 is 0. The summed E-state index contributed by atoms with van der Waals surface area (Å²) in [4.78, 5) is 3.44. The van der Waals surface area contributed by atoms with E-state index in [1.54, 1.807) is 14.2 Å². The van der Waals surface area contributed by atoms with E-state index < -0.39 is 0 Å². The Kier molecular flexibility index (Phi) is 3.54. The summed E-state index contributed by atoms with van der Waals surface area (Å²) in [6.07, 6.45) is 0. The number of aromatic amines is 1. The van der Waals surface area contributed by atoms with E-state index in [4.69, 9.17) is 15.2 Å². The predicted octanol–water partition coefficient (Wildman–Crippen LogP) is 3.31. The normalized spacial score (nSPS) is 10.8. The van der Waals surface area contributed by atoms with Crippen molar-refractivity contribution in [1.29, 1.82) is 0 Å². The Labute approximate surface area is 123 Å². The third-order valence-corrected chi connectivity index (χ3v) is 3.69. The number of methoxy groups -OCH3 is 2. The minimum Gasteiger partial charge on any atom is -0.493 e. The Morgan fingerprint density at radius 1 is 1.00 bits per heavy atom. The molecule has 3 N–H and O–H groups in total. The van der Waals surface area contributed by atoms with E-state index in [1.165, 1.54) is 0 Å². The smallest absolute Gasteiger partial charge is 0.161 e. The number of para-hydroxylation sites is 1. The van der Waals surface area contributed by atoms with E-state index in [1.807, 2.05) is 30.3 Å². The number of benzene rings is 2. The number of ether oxygens (including phenoxy) is 2. The lowest BCUT2D eigenvalue weighted by atomic mass is 10.0. The molecule has 1 heterocycles. The molecule has 0 saturated carbocycles. The first-order valence-corrected chi connectivity index (χ1v) is 6.80. The van der Waals surface area contributed by atoms with Crippen molar-refractivity contribution in [3.63, 3.8) is 0 Å². The molecule has 0 fully saturated rings. The monoisotopic (exact) mass is 282 g/mol. The highest BCUT2D eigenvalue weighted by molar-refractivity contribution is 5.91. The lowest BCUT2D eigenvalue weighted by molar-refractivity contribution is 0.355. The van der Waals surface area contributed by atoms with Gasteiger partial charge in [0.25, 0.3) is 0 Å². The number of hydrogen-bond acceptors (Lipinski definition) is 3. The van der Waals surface area contributed by atoms with Crippen molar-refractivity contribution >= 4 is 10.9 Å². The zero-order valence-corrected chi connectivity index (χ0v) is 12.1. The number of aromatic nitrogens is 1. The number of fused-ring (bicyclic) bond motifs is 1. The van der Waals surface area contributed by atoms with Gasteiger partial charge < -0.3 is 20.2 Å². The molecular formula is C17H18N2O2. The first kappa shape index (κ1) is 13.5. The molecule has 2 aromatic carbocycles. The summed E-state index contributed by atoms with van der Waals surface area (Å²) in [5, 5.41) is 1.16. The molecule has 4 nitrogen and oxygen atoms in total. The number of H-pyrrole nitrogens is 1. The number of rotatable bonds is 4. The summed E-state index contributed by atoms with van der Waals surface area (Å²) < 4.78 is 10.7. The molecule has 0 atom stereocenters. The summed E-state index contributed by atoms with van der Waals surface area (Å²) in [6.45, 7) is 0.480.